The molecule has 0 saturated carbocycles. The van der Waals surface area contributed by atoms with Gasteiger partial charge in [0, 0.05) is 54.4 Å². The fourth-order valence-corrected chi connectivity index (χ4v) is 4.78. The molecule has 4 N–H and O–H groups in total. The lowest BCUT2D eigenvalue weighted by atomic mass is 9.93. The maximum atomic E-state index is 12.3. The number of aromatic nitrogens is 4. The van der Waals surface area contributed by atoms with Gasteiger partial charge in [-0.15, -0.1) is 0 Å². The number of nitrogen functional groups attached to an aromatic ring is 1. The van der Waals surface area contributed by atoms with Gasteiger partial charge in [-0.05, 0) is 29.9 Å². The average Bonchev–Trinajstić information content (AvgIpc) is 2.88. The molecule has 0 fully saturated rings. The predicted molar refractivity (Wildman–Crippen MR) is 139 cm³/mol. The number of para-hydroxylation sites is 1. The lowest BCUT2D eigenvalue weighted by molar-refractivity contribution is 0.0964. The SMILES string of the molecule is CNC(=O)c1ccnc2c(C(C)C(CNc3cc(-c4cncc(N)c4)ncn3)SC)cccc12. The zero-order valence-corrected chi connectivity index (χ0v) is 20.1. The molecule has 1 amide bonds. The molecule has 4 rings (SSSR count). The molecule has 0 aliphatic heterocycles. The summed E-state index contributed by atoms with van der Waals surface area (Å²) in [6, 6.07) is 11.5. The molecule has 8 nitrogen and oxygen atoms in total. The number of amides is 1. The highest BCUT2D eigenvalue weighted by atomic mass is 32.2. The molecule has 0 spiro atoms. The molecule has 0 bridgehead atoms. The molecule has 0 aliphatic rings. The fourth-order valence-electron chi connectivity index (χ4n) is 3.98. The van der Waals surface area contributed by atoms with Crippen LogP contribution in [0.1, 0.15) is 28.8 Å². The number of carbonyl (C=O) groups is 1. The predicted octanol–water partition coefficient (Wildman–Crippen LogP) is 3.98. The number of carbonyl (C=O) groups excluding carboxylic acids is 1. The normalized spacial score (nSPS) is 12.8. The molecule has 1 aromatic carbocycles. The van der Waals surface area contributed by atoms with Gasteiger partial charge in [0.15, 0.2) is 0 Å². The van der Waals surface area contributed by atoms with Crippen molar-refractivity contribution in [2.24, 2.45) is 0 Å². The number of hydrogen-bond acceptors (Lipinski definition) is 8. The Morgan fingerprint density at radius 3 is 2.76 bits per heavy atom. The number of anilines is 2. The standard InChI is InChI=1S/C25H27N7OS/c1-15(18-5-4-6-19-20(25(33)27-2)7-8-29-24(18)19)22(34-3)13-30-23-10-21(31-14-32-23)16-9-17(26)12-28-11-16/h4-12,14-15,22H,13,26H2,1-3H3,(H,27,33)(H,30,31,32). The van der Waals surface area contributed by atoms with Crippen LogP contribution >= 0.6 is 11.8 Å². The van der Waals surface area contributed by atoms with Crippen LogP contribution in [0.3, 0.4) is 0 Å². The summed E-state index contributed by atoms with van der Waals surface area (Å²) in [5.41, 5.74) is 10.6. The van der Waals surface area contributed by atoms with E-state index in [1.54, 1.807) is 43.5 Å². The molecule has 174 valence electrons. The number of hydrogen-bond donors (Lipinski definition) is 3. The lowest BCUT2D eigenvalue weighted by Crippen LogP contribution is -2.23. The maximum Gasteiger partial charge on any atom is 0.251 e. The van der Waals surface area contributed by atoms with Crippen molar-refractivity contribution in [1.29, 1.82) is 0 Å². The maximum absolute atomic E-state index is 12.3. The molecule has 0 aliphatic carbocycles. The van der Waals surface area contributed by atoms with Crippen LogP contribution in [-0.4, -0.2) is 50.9 Å². The molecule has 2 atom stereocenters. The molecule has 0 saturated heterocycles. The van der Waals surface area contributed by atoms with Gasteiger partial charge in [0.05, 0.1) is 22.5 Å². The van der Waals surface area contributed by atoms with E-state index in [2.05, 4.69) is 49.8 Å². The number of pyridine rings is 2. The number of rotatable bonds is 8. The van der Waals surface area contributed by atoms with Gasteiger partial charge in [-0.2, -0.15) is 11.8 Å². The van der Waals surface area contributed by atoms with Gasteiger partial charge in [0.25, 0.3) is 5.91 Å². The van der Waals surface area contributed by atoms with Crippen molar-refractivity contribution in [3.63, 3.8) is 0 Å². The van der Waals surface area contributed by atoms with Crippen molar-refractivity contribution in [1.82, 2.24) is 25.3 Å². The summed E-state index contributed by atoms with van der Waals surface area (Å²) in [4.78, 5) is 29.8. The van der Waals surface area contributed by atoms with E-state index in [0.29, 0.717) is 17.8 Å². The highest BCUT2D eigenvalue weighted by molar-refractivity contribution is 7.99. The monoisotopic (exact) mass is 473 g/mol. The van der Waals surface area contributed by atoms with Gasteiger partial charge in [-0.25, -0.2) is 9.97 Å². The van der Waals surface area contributed by atoms with Crippen LogP contribution in [-0.2, 0) is 0 Å². The van der Waals surface area contributed by atoms with E-state index in [0.717, 1.165) is 33.5 Å². The number of nitrogens with two attached hydrogens (primary N) is 1. The first kappa shape index (κ1) is 23.4. The minimum Gasteiger partial charge on any atom is -0.397 e. The average molecular weight is 474 g/mol. The first-order valence-electron chi connectivity index (χ1n) is 10.9. The molecule has 9 heteroatoms. The van der Waals surface area contributed by atoms with E-state index in [1.165, 1.54) is 6.33 Å². The highest BCUT2D eigenvalue weighted by Crippen LogP contribution is 2.32. The van der Waals surface area contributed by atoms with E-state index in [9.17, 15) is 4.79 Å². The van der Waals surface area contributed by atoms with Gasteiger partial charge in [-0.3, -0.25) is 14.8 Å². The van der Waals surface area contributed by atoms with Gasteiger partial charge in [-0.1, -0.05) is 25.1 Å². The lowest BCUT2D eigenvalue weighted by Gasteiger charge is -2.24. The van der Waals surface area contributed by atoms with Crippen molar-refractivity contribution in [3.05, 3.63) is 72.4 Å². The van der Waals surface area contributed by atoms with Crippen molar-refractivity contribution in [2.45, 2.75) is 18.1 Å². The molecule has 3 heterocycles. The van der Waals surface area contributed by atoms with Crippen LogP contribution in [0.15, 0.2) is 61.3 Å². The third-order valence-corrected chi connectivity index (χ3v) is 7.01. The van der Waals surface area contributed by atoms with Gasteiger partial charge in [0.2, 0.25) is 0 Å². The topological polar surface area (TPSA) is 119 Å². The van der Waals surface area contributed by atoms with E-state index in [4.69, 9.17) is 5.73 Å². The van der Waals surface area contributed by atoms with Crippen LogP contribution in [0.2, 0.25) is 0 Å². The van der Waals surface area contributed by atoms with Crippen LogP contribution in [0.25, 0.3) is 22.2 Å². The number of thioether (sulfide) groups is 1. The summed E-state index contributed by atoms with van der Waals surface area (Å²) < 4.78 is 0. The van der Waals surface area contributed by atoms with Gasteiger partial charge >= 0.3 is 0 Å². The first-order chi connectivity index (χ1) is 16.5. The van der Waals surface area contributed by atoms with Crippen LogP contribution in [0, 0.1) is 0 Å². The number of fused-ring (bicyclic) bond motifs is 1. The number of nitrogens with one attached hydrogen (secondary N) is 2. The minimum absolute atomic E-state index is 0.116. The molecule has 3 aromatic heterocycles. The van der Waals surface area contributed by atoms with Crippen molar-refractivity contribution in [2.75, 3.05) is 30.9 Å². The Bertz CT molecular complexity index is 1310. The van der Waals surface area contributed by atoms with Crippen molar-refractivity contribution < 1.29 is 4.79 Å². The Hall–Kier alpha value is -3.72. The molecule has 34 heavy (non-hydrogen) atoms. The molecular formula is C25H27N7OS. The van der Waals surface area contributed by atoms with Crippen LogP contribution in [0.5, 0.6) is 0 Å². The third kappa shape index (κ3) is 4.94. The Morgan fingerprint density at radius 1 is 1.15 bits per heavy atom. The third-order valence-electron chi connectivity index (χ3n) is 5.83. The number of nitrogens with zero attached hydrogens (tertiary/aromatic N) is 4. The Labute approximate surface area is 202 Å². The fraction of sp³-hybridized carbons (Fsp3) is 0.240. The molecule has 4 aromatic rings. The van der Waals surface area contributed by atoms with Gasteiger partial charge < -0.3 is 16.4 Å². The van der Waals surface area contributed by atoms with E-state index in [1.807, 2.05) is 24.3 Å². The second-order valence-corrected chi connectivity index (χ2v) is 9.00. The van der Waals surface area contributed by atoms with Crippen LogP contribution < -0.4 is 16.4 Å². The zero-order chi connectivity index (χ0) is 24.1. The summed E-state index contributed by atoms with van der Waals surface area (Å²) in [7, 11) is 1.64. The molecule has 2 unspecified atom stereocenters. The Morgan fingerprint density at radius 2 is 2.00 bits per heavy atom. The first-order valence-corrected chi connectivity index (χ1v) is 12.2. The summed E-state index contributed by atoms with van der Waals surface area (Å²) >= 11 is 1.78. The summed E-state index contributed by atoms with van der Waals surface area (Å²) in [6.45, 7) is 2.88. The molecule has 0 radical (unpaired) electrons. The van der Waals surface area contributed by atoms with Crippen molar-refractivity contribution >= 4 is 40.1 Å². The van der Waals surface area contributed by atoms with E-state index < -0.39 is 0 Å². The zero-order valence-electron chi connectivity index (χ0n) is 19.3. The van der Waals surface area contributed by atoms with E-state index >= 15 is 0 Å². The Balaban J connectivity index is 1.55. The second kappa shape index (κ2) is 10.5. The summed E-state index contributed by atoms with van der Waals surface area (Å²) in [6.07, 6.45) is 8.67. The van der Waals surface area contributed by atoms with Gasteiger partial charge in [0.1, 0.15) is 12.1 Å². The minimum atomic E-state index is -0.116. The number of benzene rings is 1. The largest absolute Gasteiger partial charge is 0.397 e. The summed E-state index contributed by atoms with van der Waals surface area (Å²) in [5, 5.41) is 7.26. The molecular weight excluding hydrogens is 446 g/mol. The van der Waals surface area contributed by atoms with Crippen molar-refractivity contribution in [3.8, 4) is 11.3 Å². The van der Waals surface area contributed by atoms with Crippen LogP contribution in [0.4, 0.5) is 11.5 Å². The second-order valence-electron chi connectivity index (χ2n) is 7.92. The smallest absolute Gasteiger partial charge is 0.251 e. The summed E-state index contributed by atoms with van der Waals surface area (Å²) in [5.74, 6) is 0.796. The highest BCUT2D eigenvalue weighted by Gasteiger charge is 2.22. The Kier molecular flexibility index (Phi) is 7.22. The quantitative estimate of drug-likeness (QED) is 0.352. The van der Waals surface area contributed by atoms with E-state index in [-0.39, 0.29) is 17.1 Å².